The summed E-state index contributed by atoms with van der Waals surface area (Å²) in [5, 5.41) is 12.7. The Balaban J connectivity index is 2.26. The molecule has 1 aromatic carbocycles. The molecule has 1 aliphatic heterocycles. The summed E-state index contributed by atoms with van der Waals surface area (Å²) in [5.41, 5.74) is 1.05. The van der Waals surface area contributed by atoms with E-state index in [2.05, 4.69) is 23.3 Å². The molecule has 1 atom stereocenters. The molecule has 6 heteroatoms. The van der Waals surface area contributed by atoms with Crippen molar-refractivity contribution in [2.45, 2.75) is 25.9 Å². The zero-order valence-electron chi connectivity index (χ0n) is 14.9. The Kier molecular flexibility index (Phi) is 6.44. The van der Waals surface area contributed by atoms with Crippen LogP contribution in [-0.2, 0) is 0 Å². The van der Waals surface area contributed by atoms with Gasteiger partial charge in [0.1, 0.15) is 6.07 Å². The second kappa shape index (κ2) is 8.55. The van der Waals surface area contributed by atoms with Crippen LogP contribution in [0.4, 0.5) is 5.69 Å². The standard InChI is InChI=1S/C18H26N4O2/c1-13(14-5-7-20-8-6-14)24-18-10-16(21-12-22(2)3)15(11-19)9-17(18)23-4/h9-10,12-14,20H,5-8H2,1-4H3. The highest BCUT2D eigenvalue weighted by Gasteiger charge is 2.23. The lowest BCUT2D eigenvalue weighted by Gasteiger charge is -2.29. The third-order valence-corrected chi connectivity index (χ3v) is 4.19. The van der Waals surface area contributed by atoms with Gasteiger partial charge < -0.3 is 19.7 Å². The van der Waals surface area contributed by atoms with Gasteiger partial charge in [-0.15, -0.1) is 0 Å². The van der Waals surface area contributed by atoms with Crippen LogP contribution in [0, 0.1) is 17.2 Å². The van der Waals surface area contributed by atoms with Gasteiger partial charge in [-0.3, -0.25) is 0 Å². The van der Waals surface area contributed by atoms with E-state index in [1.807, 2.05) is 19.0 Å². The molecular weight excluding hydrogens is 304 g/mol. The minimum atomic E-state index is 0.0830. The molecule has 130 valence electrons. The van der Waals surface area contributed by atoms with Gasteiger partial charge in [-0.2, -0.15) is 5.26 Å². The maximum Gasteiger partial charge on any atom is 0.163 e. The highest BCUT2D eigenvalue weighted by molar-refractivity contribution is 5.68. The van der Waals surface area contributed by atoms with Crippen LogP contribution in [-0.4, -0.2) is 51.6 Å². The highest BCUT2D eigenvalue weighted by atomic mass is 16.5. The fourth-order valence-electron chi connectivity index (χ4n) is 2.79. The molecule has 1 fully saturated rings. The minimum Gasteiger partial charge on any atom is -0.493 e. The molecular formula is C18H26N4O2. The number of benzene rings is 1. The van der Waals surface area contributed by atoms with Crippen molar-refractivity contribution in [3.05, 3.63) is 17.7 Å². The fraction of sp³-hybridized carbons (Fsp3) is 0.556. The first-order chi connectivity index (χ1) is 11.5. The second-order valence-electron chi connectivity index (χ2n) is 6.25. The van der Waals surface area contributed by atoms with Crippen LogP contribution in [0.15, 0.2) is 17.1 Å². The number of methoxy groups -OCH3 is 1. The van der Waals surface area contributed by atoms with Crippen LogP contribution in [0.3, 0.4) is 0 Å². The number of aliphatic imine (C=N–C) groups is 1. The molecule has 0 aliphatic carbocycles. The lowest BCUT2D eigenvalue weighted by molar-refractivity contribution is 0.124. The van der Waals surface area contributed by atoms with E-state index in [4.69, 9.17) is 9.47 Å². The third kappa shape index (κ3) is 4.62. The minimum absolute atomic E-state index is 0.0830. The van der Waals surface area contributed by atoms with Gasteiger partial charge in [-0.05, 0) is 38.8 Å². The number of hydrogen-bond donors (Lipinski definition) is 1. The van der Waals surface area contributed by atoms with E-state index in [1.165, 1.54) is 0 Å². The van der Waals surface area contributed by atoms with E-state index in [9.17, 15) is 5.26 Å². The number of nitrogens with one attached hydrogen (secondary N) is 1. The van der Waals surface area contributed by atoms with E-state index in [0.29, 0.717) is 28.7 Å². The van der Waals surface area contributed by atoms with Crippen molar-refractivity contribution >= 4 is 12.0 Å². The predicted octanol–water partition coefficient (Wildman–Crippen LogP) is 2.56. The van der Waals surface area contributed by atoms with Crippen LogP contribution in [0.1, 0.15) is 25.3 Å². The number of nitrogens with zero attached hydrogens (tertiary/aromatic N) is 3. The number of nitriles is 1. The van der Waals surface area contributed by atoms with E-state index in [-0.39, 0.29) is 6.10 Å². The van der Waals surface area contributed by atoms with E-state index >= 15 is 0 Å². The van der Waals surface area contributed by atoms with Crippen molar-refractivity contribution in [2.24, 2.45) is 10.9 Å². The lowest BCUT2D eigenvalue weighted by Crippen LogP contribution is -2.35. The molecule has 24 heavy (non-hydrogen) atoms. The molecule has 1 N–H and O–H groups in total. The quantitative estimate of drug-likeness (QED) is 0.641. The van der Waals surface area contributed by atoms with Gasteiger partial charge in [0.2, 0.25) is 0 Å². The van der Waals surface area contributed by atoms with Gasteiger partial charge in [-0.25, -0.2) is 4.99 Å². The van der Waals surface area contributed by atoms with E-state index < -0.39 is 0 Å². The Labute approximate surface area is 144 Å². The summed E-state index contributed by atoms with van der Waals surface area (Å²) in [6.45, 7) is 4.15. The van der Waals surface area contributed by atoms with Gasteiger partial charge >= 0.3 is 0 Å². The Morgan fingerprint density at radius 2 is 2.04 bits per heavy atom. The number of hydrogen-bond acceptors (Lipinski definition) is 5. The summed E-state index contributed by atoms with van der Waals surface area (Å²) >= 11 is 0. The van der Waals surface area contributed by atoms with Crippen LogP contribution in [0.25, 0.3) is 0 Å². The van der Waals surface area contributed by atoms with Gasteiger partial charge in [0.15, 0.2) is 11.5 Å². The first-order valence-corrected chi connectivity index (χ1v) is 8.25. The summed E-state index contributed by atoms with van der Waals surface area (Å²) in [7, 11) is 5.35. The van der Waals surface area contributed by atoms with Crippen molar-refractivity contribution in [2.75, 3.05) is 34.3 Å². The van der Waals surface area contributed by atoms with Crippen molar-refractivity contribution in [3.63, 3.8) is 0 Å². The Bertz CT molecular complexity index is 616. The fourth-order valence-corrected chi connectivity index (χ4v) is 2.79. The second-order valence-corrected chi connectivity index (χ2v) is 6.25. The molecule has 0 spiro atoms. The van der Waals surface area contributed by atoms with Gasteiger partial charge in [-0.1, -0.05) is 0 Å². The molecule has 2 rings (SSSR count). The number of ether oxygens (including phenoxy) is 2. The molecule has 1 aliphatic rings. The van der Waals surface area contributed by atoms with Crippen LogP contribution in [0.5, 0.6) is 11.5 Å². The van der Waals surface area contributed by atoms with Crippen molar-refractivity contribution in [1.82, 2.24) is 10.2 Å². The van der Waals surface area contributed by atoms with Crippen LogP contribution < -0.4 is 14.8 Å². The normalized spacial score (nSPS) is 16.6. The third-order valence-electron chi connectivity index (χ3n) is 4.19. The zero-order valence-corrected chi connectivity index (χ0v) is 14.9. The Morgan fingerprint density at radius 3 is 2.62 bits per heavy atom. The Hall–Kier alpha value is -2.26. The molecule has 1 unspecified atom stereocenters. The molecule has 0 bridgehead atoms. The topological polar surface area (TPSA) is 69.9 Å². The highest BCUT2D eigenvalue weighted by Crippen LogP contribution is 2.36. The summed E-state index contributed by atoms with van der Waals surface area (Å²) < 4.78 is 11.6. The predicted molar refractivity (Wildman–Crippen MR) is 95.2 cm³/mol. The maximum absolute atomic E-state index is 9.34. The van der Waals surface area contributed by atoms with Gasteiger partial charge in [0.05, 0.1) is 30.8 Å². The summed E-state index contributed by atoms with van der Waals surface area (Å²) in [6, 6.07) is 5.64. The largest absolute Gasteiger partial charge is 0.493 e. The van der Waals surface area contributed by atoms with Gasteiger partial charge in [0.25, 0.3) is 0 Å². The zero-order chi connectivity index (χ0) is 17.5. The van der Waals surface area contributed by atoms with Crippen molar-refractivity contribution in [1.29, 1.82) is 5.26 Å². The molecule has 1 saturated heterocycles. The van der Waals surface area contributed by atoms with Crippen molar-refractivity contribution < 1.29 is 9.47 Å². The molecule has 0 amide bonds. The van der Waals surface area contributed by atoms with Crippen LogP contribution >= 0.6 is 0 Å². The maximum atomic E-state index is 9.34. The smallest absolute Gasteiger partial charge is 0.163 e. The molecule has 0 saturated carbocycles. The first kappa shape index (κ1) is 18.1. The molecule has 1 heterocycles. The first-order valence-electron chi connectivity index (χ1n) is 8.25. The molecule has 0 aromatic heterocycles. The lowest BCUT2D eigenvalue weighted by atomic mass is 9.93. The van der Waals surface area contributed by atoms with E-state index in [0.717, 1.165) is 25.9 Å². The summed E-state index contributed by atoms with van der Waals surface area (Å²) in [6.07, 6.45) is 3.96. The van der Waals surface area contributed by atoms with Gasteiger partial charge in [0, 0.05) is 26.2 Å². The average Bonchev–Trinajstić information content (AvgIpc) is 2.60. The molecule has 1 aromatic rings. The van der Waals surface area contributed by atoms with Crippen molar-refractivity contribution in [3.8, 4) is 17.6 Å². The molecule has 6 nitrogen and oxygen atoms in total. The summed E-state index contributed by atoms with van der Waals surface area (Å²) in [5.74, 6) is 1.71. The monoisotopic (exact) mass is 330 g/mol. The average molecular weight is 330 g/mol. The van der Waals surface area contributed by atoms with E-state index in [1.54, 1.807) is 25.6 Å². The molecule has 0 radical (unpaired) electrons. The summed E-state index contributed by atoms with van der Waals surface area (Å²) in [4.78, 5) is 6.19. The number of rotatable bonds is 6. The van der Waals surface area contributed by atoms with Crippen LogP contribution in [0.2, 0.25) is 0 Å². The number of piperidine rings is 1. The SMILES string of the molecule is COc1cc(C#N)c(N=CN(C)C)cc1OC(C)C1CCNCC1. The Morgan fingerprint density at radius 1 is 1.33 bits per heavy atom.